The Balaban J connectivity index is 0.000000152. The Morgan fingerprint density at radius 1 is 0.312 bits per heavy atom. The summed E-state index contributed by atoms with van der Waals surface area (Å²) in [6, 6.07) is 37.5. The molecule has 4 aromatic heterocycles. The molecule has 4 aromatic carbocycles. The molecule has 0 atom stereocenters. The molecule has 8 heteroatoms. The lowest BCUT2D eigenvalue weighted by Crippen LogP contribution is -2.09. The maximum absolute atomic E-state index is 12.9. The lowest BCUT2D eigenvalue weighted by atomic mass is 9.94. The molecule has 4 heterocycles. The summed E-state index contributed by atoms with van der Waals surface area (Å²) >= 11 is 5.56. The van der Waals surface area contributed by atoms with Crippen LogP contribution >= 0.6 is 45.3 Å². The van der Waals surface area contributed by atoms with Gasteiger partial charge in [0.25, 0.3) is 0 Å². The molecule has 0 unspecified atom stereocenters. The van der Waals surface area contributed by atoms with E-state index in [1.165, 1.54) is 45.3 Å². The van der Waals surface area contributed by atoms with Crippen molar-refractivity contribution in [3.8, 4) is 0 Å². The van der Waals surface area contributed by atoms with Gasteiger partial charge in [-0.2, -0.15) is 0 Å². The van der Waals surface area contributed by atoms with Crippen molar-refractivity contribution in [1.82, 2.24) is 0 Å². The lowest BCUT2D eigenvalue weighted by molar-refractivity contribution is 0.101. The molecule has 0 saturated carbocycles. The fourth-order valence-electron chi connectivity index (χ4n) is 5.39. The van der Waals surface area contributed by atoms with E-state index in [0.29, 0.717) is 41.8 Å². The molecule has 232 valence electrons. The van der Waals surface area contributed by atoms with E-state index in [9.17, 15) is 19.2 Å². The second-order valence-corrected chi connectivity index (χ2v) is 14.5. The van der Waals surface area contributed by atoms with Crippen molar-refractivity contribution in [2.24, 2.45) is 0 Å². The zero-order valence-electron chi connectivity index (χ0n) is 25.1. The molecule has 0 aliphatic heterocycles. The van der Waals surface area contributed by atoms with Crippen LogP contribution in [0.2, 0.25) is 0 Å². The summed E-state index contributed by atoms with van der Waals surface area (Å²) in [5, 5.41) is 11.3. The molecule has 0 saturated heterocycles. The van der Waals surface area contributed by atoms with Gasteiger partial charge in [-0.15, -0.1) is 45.3 Å². The number of rotatable bonds is 8. The first-order valence-electron chi connectivity index (χ1n) is 14.9. The van der Waals surface area contributed by atoms with E-state index < -0.39 is 0 Å². The molecule has 0 bridgehead atoms. The van der Waals surface area contributed by atoms with Crippen molar-refractivity contribution in [3.63, 3.8) is 0 Å². The second-order valence-electron chi connectivity index (χ2n) is 10.7. The normalized spacial score (nSPS) is 10.8. The van der Waals surface area contributed by atoms with Gasteiger partial charge in [-0.3, -0.25) is 19.2 Å². The summed E-state index contributed by atoms with van der Waals surface area (Å²) in [5.74, 6) is -0.405. The molecule has 0 amide bonds. The number of thiophene rings is 4. The minimum Gasteiger partial charge on any atom is -0.288 e. The number of hydrogen-bond acceptors (Lipinski definition) is 8. The van der Waals surface area contributed by atoms with E-state index in [-0.39, 0.29) is 23.1 Å². The number of carbonyl (C=O) groups is 4. The second kappa shape index (κ2) is 13.9. The van der Waals surface area contributed by atoms with Gasteiger partial charge in [-0.25, -0.2) is 0 Å². The third-order valence-electron chi connectivity index (χ3n) is 7.73. The molecule has 8 rings (SSSR count). The average Bonchev–Trinajstić information content (AvgIpc) is 3.98. The van der Waals surface area contributed by atoms with Gasteiger partial charge < -0.3 is 0 Å². The van der Waals surface area contributed by atoms with Gasteiger partial charge in [0.2, 0.25) is 23.1 Å². The van der Waals surface area contributed by atoms with E-state index in [2.05, 4.69) is 0 Å². The molecule has 0 aliphatic carbocycles. The highest BCUT2D eigenvalue weighted by atomic mass is 32.1. The Bertz CT molecular complexity index is 2060. The minimum absolute atomic E-state index is 0.101. The molecule has 0 N–H and O–H groups in total. The Morgan fingerprint density at radius 2 is 0.542 bits per heavy atom. The number of benzene rings is 4. The van der Waals surface area contributed by atoms with Gasteiger partial charge in [-0.1, -0.05) is 72.8 Å². The molecule has 0 spiro atoms. The Morgan fingerprint density at radius 3 is 0.729 bits per heavy atom. The smallest absolute Gasteiger partial charge is 0.203 e. The predicted octanol–water partition coefficient (Wildman–Crippen LogP) is 10.8. The van der Waals surface area contributed by atoms with Crippen molar-refractivity contribution < 1.29 is 19.2 Å². The molecule has 0 fully saturated rings. The highest BCUT2D eigenvalue weighted by Gasteiger charge is 2.23. The molecule has 4 nitrogen and oxygen atoms in total. The van der Waals surface area contributed by atoms with Crippen LogP contribution in [0.1, 0.15) is 60.9 Å². The van der Waals surface area contributed by atoms with Crippen LogP contribution in [0, 0.1) is 0 Å². The van der Waals surface area contributed by atoms with Crippen molar-refractivity contribution >= 4 is 90.0 Å². The quantitative estimate of drug-likeness (QED) is 0.148. The zero-order valence-corrected chi connectivity index (χ0v) is 28.4. The van der Waals surface area contributed by atoms with Crippen LogP contribution in [0.5, 0.6) is 0 Å². The van der Waals surface area contributed by atoms with Gasteiger partial charge in [0, 0.05) is 22.3 Å². The molecule has 8 aromatic rings. The summed E-state index contributed by atoms with van der Waals surface area (Å²) in [6.07, 6.45) is 0. The third kappa shape index (κ3) is 6.39. The van der Waals surface area contributed by atoms with Crippen molar-refractivity contribution in [2.75, 3.05) is 0 Å². The summed E-state index contributed by atoms with van der Waals surface area (Å²) in [6.45, 7) is 0. The summed E-state index contributed by atoms with van der Waals surface area (Å²) in [5.41, 5.74) is 1.87. The van der Waals surface area contributed by atoms with Crippen LogP contribution in [0.25, 0.3) is 21.5 Å². The standard InChI is InChI=1S/2C20H12O2S2/c2*21-19(17-7-3-9-23-17)15-11-13-5-1-2-6-14(13)12-16(15)20(22)18-8-4-10-24-18/h2*1-12H. The summed E-state index contributed by atoms with van der Waals surface area (Å²) in [4.78, 5) is 54.2. The summed E-state index contributed by atoms with van der Waals surface area (Å²) in [7, 11) is 0. The molecule has 48 heavy (non-hydrogen) atoms. The van der Waals surface area contributed by atoms with Crippen molar-refractivity contribution in [1.29, 1.82) is 0 Å². The van der Waals surface area contributed by atoms with Crippen LogP contribution in [-0.4, -0.2) is 23.1 Å². The van der Waals surface area contributed by atoms with Crippen LogP contribution in [-0.2, 0) is 0 Å². The van der Waals surface area contributed by atoms with E-state index in [0.717, 1.165) is 21.5 Å². The maximum atomic E-state index is 12.9. The number of hydrogen-bond donors (Lipinski definition) is 0. The Labute approximate surface area is 292 Å². The van der Waals surface area contributed by atoms with Crippen LogP contribution in [0.15, 0.2) is 143 Å². The van der Waals surface area contributed by atoms with Crippen LogP contribution in [0.3, 0.4) is 0 Å². The van der Waals surface area contributed by atoms with Gasteiger partial charge in [0.1, 0.15) is 0 Å². The minimum atomic E-state index is -0.101. The average molecular weight is 697 g/mol. The first-order chi connectivity index (χ1) is 23.5. The van der Waals surface area contributed by atoms with Gasteiger partial charge in [0.05, 0.1) is 19.5 Å². The Hall–Kier alpha value is -5.12. The fraction of sp³-hybridized carbons (Fsp3) is 0. The van der Waals surface area contributed by atoms with E-state index in [4.69, 9.17) is 0 Å². The van der Waals surface area contributed by atoms with Gasteiger partial charge >= 0.3 is 0 Å². The van der Waals surface area contributed by atoms with Gasteiger partial charge in [0.15, 0.2) is 0 Å². The van der Waals surface area contributed by atoms with Gasteiger partial charge in [-0.05, 0) is 91.6 Å². The van der Waals surface area contributed by atoms with Crippen LogP contribution < -0.4 is 0 Å². The van der Waals surface area contributed by atoms with Crippen molar-refractivity contribution in [2.45, 2.75) is 0 Å². The van der Waals surface area contributed by atoms with Crippen LogP contribution in [0.4, 0.5) is 0 Å². The number of ketones is 4. The SMILES string of the molecule is O=C(c1cccs1)c1cc2ccccc2cc1C(=O)c1cccs1.O=C(c1cccs1)c1cc2ccccc2cc1C(=O)c1cccs1. The molecular formula is C40H24O4S4. The zero-order chi connectivity index (χ0) is 33.0. The largest absolute Gasteiger partial charge is 0.288 e. The molecule has 0 radical (unpaired) electrons. The number of fused-ring (bicyclic) bond motifs is 2. The van der Waals surface area contributed by atoms with Crippen molar-refractivity contribution in [3.05, 3.63) is 185 Å². The first-order valence-corrected chi connectivity index (χ1v) is 18.4. The van der Waals surface area contributed by atoms with E-state index in [1.54, 1.807) is 24.3 Å². The highest BCUT2D eigenvalue weighted by Crippen LogP contribution is 2.29. The monoisotopic (exact) mass is 696 g/mol. The fourth-order valence-corrected chi connectivity index (χ4v) is 8.11. The van der Waals surface area contributed by atoms with E-state index in [1.807, 2.05) is 119 Å². The molecule has 0 aliphatic rings. The highest BCUT2D eigenvalue weighted by molar-refractivity contribution is 7.13. The first kappa shape index (κ1) is 31.5. The summed E-state index contributed by atoms with van der Waals surface area (Å²) < 4.78 is 0. The topological polar surface area (TPSA) is 68.3 Å². The maximum Gasteiger partial charge on any atom is 0.203 e. The Kier molecular flexibility index (Phi) is 9.14. The molecular weight excluding hydrogens is 673 g/mol. The third-order valence-corrected chi connectivity index (χ3v) is 11.2. The predicted molar refractivity (Wildman–Crippen MR) is 199 cm³/mol. The van der Waals surface area contributed by atoms with E-state index >= 15 is 0 Å². The number of carbonyl (C=O) groups excluding carboxylic acids is 4. The lowest BCUT2D eigenvalue weighted by Gasteiger charge is -2.09.